The Morgan fingerprint density at radius 3 is 3.08 bits per heavy atom. The van der Waals surface area contributed by atoms with Gasteiger partial charge >= 0.3 is 6.01 Å². The average Bonchev–Trinajstić information content (AvgIpc) is 3.49. The molecule has 7 rings (SSSR count). The molecule has 4 aliphatic rings. The summed E-state index contributed by atoms with van der Waals surface area (Å²) >= 11 is 9.81. The van der Waals surface area contributed by atoms with Crippen molar-refractivity contribution in [1.82, 2.24) is 24.6 Å². The molecule has 0 spiro atoms. The average molecular weight is 582 g/mol. The van der Waals surface area contributed by atoms with Crippen molar-refractivity contribution < 1.29 is 18.3 Å². The molecule has 0 amide bonds. The van der Waals surface area contributed by atoms with Gasteiger partial charge in [0.25, 0.3) is 0 Å². The van der Waals surface area contributed by atoms with Crippen LogP contribution in [0.4, 0.5) is 14.6 Å². The molecular formula is C24H24BrClF2N6O2. The van der Waals surface area contributed by atoms with E-state index >= 15 is 4.39 Å². The van der Waals surface area contributed by atoms with Crippen LogP contribution in [0.5, 0.6) is 11.8 Å². The maximum Gasteiger partial charge on any atom is 0.319 e. The Morgan fingerprint density at radius 1 is 1.31 bits per heavy atom. The first-order valence-electron chi connectivity index (χ1n) is 12.2. The summed E-state index contributed by atoms with van der Waals surface area (Å²) in [5, 5.41) is 5.01. The minimum Gasteiger partial charge on any atom is -0.489 e. The van der Waals surface area contributed by atoms with E-state index in [4.69, 9.17) is 26.1 Å². The van der Waals surface area contributed by atoms with Crippen LogP contribution in [0, 0.1) is 5.82 Å². The van der Waals surface area contributed by atoms with E-state index in [1.165, 1.54) is 0 Å². The van der Waals surface area contributed by atoms with Crippen molar-refractivity contribution in [2.24, 2.45) is 0 Å². The van der Waals surface area contributed by atoms with E-state index in [0.29, 0.717) is 43.1 Å². The zero-order chi connectivity index (χ0) is 24.6. The predicted octanol–water partition coefficient (Wildman–Crippen LogP) is 4.51. The van der Waals surface area contributed by atoms with E-state index in [1.54, 1.807) is 6.20 Å². The number of benzene rings is 1. The topological polar surface area (TPSA) is 68.5 Å². The molecule has 0 N–H and O–H groups in total. The molecule has 0 saturated carbocycles. The van der Waals surface area contributed by atoms with Gasteiger partial charge in [-0.25, -0.2) is 8.78 Å². The molecule has 190 valence electrons. The lowest BCUT2D eigenvalue weighted by atomic mass is 9.95. The number of alkyl halides is 1. The molecule has 3 aromatic rings. The van der Waals surface area contributed by atoms with Crippen LogP contribution in [0.2, 0.25) is 5.02 Å². The fraction of sp³-hybridized carbons (Fsp3) is 0.542. The third-order valence-electron chi connectivity index (χ3n) is 8.06. The minimum atomic E-state index is -0.867. The van der Waals surface area contributed by atoms with Crippen LogP contribution >= 0.6 is 27.5 Å². The van der Waals surface area contributed by atoms with Crippen LogP contribution in [-0.4, -0.2) is 68.7 Å². The summed E-state index contributed by atoms with van der Waals surface area (Å²) in [5.41, 5.74) is 0.742. The monoisotopic (exact) mass is 580 g/mol. The Hall–Kier alpha value is -2.24. The van der Waals surface area contributed by atoms with Crippen molar-refractivity contribution in [3.05, 3.63) is 33.3 Å². The van der Waals surface area contributed by atoms with E-state index in [2.05, 4.69) is 35.8 Å². The number of hydrogen-bond donors (Lipinski definition) is 0. The lowest BCUT2D eigenvalue weighted by Gasteiger charge is -2.31. The summed E-state index contributed by atoms with van der Waals surface area (Å²) in [5.74, 6) is 0.283. The molecule has 8 nitrogen and oxygen atoms in total. The Bertz CT molecular complexity index is 1370. The van der Waals surface area contributed by atoms with Crippen LogP contribution in [-0.2, 0) is 13.1 Å². The van der Waals surface area contributed by atoms with Crippen molar-refractivity contribution in [1.29, 1.82) is 0 Å². The molecule has 1 aromatic carbocycles. The summed E-state index contributed by atoms with van der Waals surface area (Å²) in [6.45, 7) is 3.16. The number of halogens is 4. The third kappa shape index (κ3) is 3.42. The fourth-order valence-corrected chi connectivity index (χ4v) is 6.89. The first-order chi connectivity index (χ1) is 17.4. The molecule has 36 heavy (non-hydrogen) atoms. The van der Waals surface area contributed by atoms with Gasteiger partial charge in [0.1, 0.15) is 35.7 Å². The van der Waals surface area contributed by atoms with Gasteiger partial charge in [-0.05, 0) is 47.8 Å². The number of ether oxygens (including phenoxy) is 2. The molecule has 2 saturated heterocycles. The molecule has 1 unspecified atom stereocenters. The summed E-state index contributed by atoms with van der Waals surface area (Å²) in [6, 6.07) is 2.01. The largest absolute Gasteiger partial charge is 0.489 e. The molecule has 0 bridgehead atoms. The van der Waals surface area contributed by atoms with Crippen LogP contribution in [0.1, 0.15) is 31.4 Å². The predicted molar refractivity (Wildman–Crippen MR) is 133 cm³/mol. The minimum absolute atomic E-state index is 0.0333. The van der Waals surface area contributed by atoms with Crippen LogP contribution in [0.3, 0.4) is 0 Å². The third-order valence-corrected chi connectivity index (χ3v) is 9.40. The van der Waals surface area contributed by atoms with Crippen LogP contribution < -0.4 is 14.4 Å². The highest BCUT2D eigenvalue weighted by atomic mass is 79.9. The van der Waals surface area contributed by atoms with Crippen molar-refractivity contribution in [2.45, 2.75) is 56.5 Å². The van der Waals surface area contributed by atoms with Gasteiger partial charge in [-0.3, -0.25) is 9.58 Å². The number of aryl methyl sites for hydroxylation is 1. The number of nitrogens with zero attached hydrogens (tertiary/aromatic N) is 6. The summed E-state index contributed by atoms with van der Waals surface area (Å²) < 4.78 is 44.2. The quantitative estimate of drug-likeness (QED) is 0.422. The molecule has 0 aliphatic carbocycles. The Balaban J connectivity index is 1.35. The molecule has 2 fully saturated rings. The van der Waals surface area contributed by atoms with Crippen molar-refractivity contribution >= 4 is 44.3 Å². The lowest BCUT2D eigenvalue weighted by molar-refractivity contribution is 0.107. The van der Waals surface area contributed by atoms with Crippen molar-refractivity contribution in [3.63, 3.8) is 0 Å². The van der Waals surface area contributed by atoms with Gasteiger partial charge in [0, 0.05) is 25.7 Å². The normalized spacial score (nSPS) is 27.3. The van der Waals surface area contributed by atoms with E-state index in [9.17, 15) is 4.39 Å². The van der Waals surface area contributed by atoms with E-state index in [-0.39, 0.29) is 39.2 Å². The highest BCUT2D eigenvalue weighted by molar-refractivity contribution is 9.10. The Labute approximate surface area is 219 Å². The zero-order valence-electron chi connectivity index (χ0n) is 19.4. The zero-order valence-corrected chi connectivity index (χ0v) is 21.7. The maximum absolute atomic E-state index is 15.6. The Kier molecular flexibility index (Phi) is 5.34. The molecule has 3 atom stereocenters. The van der Waals surface area contributed by atoms with Crippen molar-refractivity contribution in [2.75, 3.05) is 31.2 Å². The summed E-state index contributed by atoms with van der Waals surface area (Å²) in [6.07, 6.45) is 3.97. The summed E-state index contributed by atoms with van der Waals surface area (Å²) in [4.78, 5) is 13.6. The van der Waals surface area contributed by atoms with Gasteiger partial charge in [-0.15, -0.1) is 0 Å². The molecule has 12 heteroatoms. The van der Waals surface area contributed by atoms with Gasteiger partial charge in [0.05, 0.1) is 33.7 Å². The first kappa shape index (κ1) is 22.9. The second-order valence-electron chi connectivity index (χ2n) is 10.1. The molecule has 0 radical (unpaired) electrons. The molecular weight excluding hydrogens is 558 g/mol. The maximum atomic E-state index is 15.6. The molecule has 6 heterocycles. The van der Waals surface area contributed by atoms with E-state index in [0.717, 1.165) is 38.0 Å². The SMILES string of the molecule is Fc1c(Br)c(Cl)c2c3c(nc(OC[C@@]45CCCN4C[C@H](F)C5)nc13)N1Cc3ccnn3CCC1CO2. The molecule has 2 aromatic heterocycles. The number of aromatic nitrogens is 4. The first-order valence-corrected chi connectivity index (χ1v) is 13.4. The van der Waals surface area contributed by atoms with Gasteiger partial charge in [-0.2, -0.15) is 15.1 Å². The fourth-order valence-electron chi connectivity index (χ4n) is 6.29. The lowest BCUT2D eigenvalue weighted by Crippen LogP contribution is -2.43. The van der Waals surface area contributed by atoms with Crippen LogP contribution in [0.25, 0.3) is 10.9 Å². The number of fused-ring (bicyclic) bond motifs is 4. The molecule has 4 aliphatic heterocycles. The second kappa shape index (κ2) is 8.39. The second-order valence-corrected chi connectivity index (χ2v) is 11.3. The van der Waals surface area contributed by atoms with Crippen molar-refractivity contribution in [3.8, 4) is 11.8 Å². The number of rotatable bonds is 3. The smallest absolute Gasteiger partial charge is 0.319 e. The van der Waals surface area contributed by atoms with Gasteiger partial charge in [0.15, 0.2) is 11.6 Å². The standard InChI is InChI=1S/C24H24BrClF2N6O2/c25-17-18(26)21-16-20(19(17)28)30-23(36-12-24-4-1-6-32(24)9-13(27)8-24)31-22(16)33-10-14-2-5-29-34(14)7-3-15(33)11-35-21/h2,5,13,15H,1,3-4,6-12H2/t13-,15?,24+/m1/s1. The highest BCUT2D eigenvalue weighted by Crippen LogP contribution is 2.48. The van der Waals surface area contributed by atoms with Gasteiger partial charge in [0.2, 0.25) is 0 Å². The highest BCUT2D eigenvalue weighted by Gasteiger charge is 2.49. The number of anilines is 1. The van der Waals surface area contributed by atoms with Gasteiger partial charge in [-0.1, -0.05) is 11.6 Å². The summed E-state index contributed by atoms with van der Waals surface area (Å²) in [7, 11) is 0. The van der Waals surface area contributed by atoms with E-state index < -0.39 is 12.0 Å². The Morgan fingerprint density at radius 2 is 2.19 bits per heavy atom. The number of hydrogen-bond acceptors (Lipinski definition) is 7. The van der Waals surface area contributed by atoms with Gasteiger partial charge < -0.3 is 14.4 Å². The van der Waals surface area contributed by atoms with E-state index in [1.807, 2.05) is 10.7 Å². The van der Waals surface area contributed by atoms with Crippen LogP contribution in [0.15, 0.2) is 16.7 Å².